The van der Waals surface area contributed by atoms with Crippen LogP contribution in [0.3, 0.4) is 0 Å². The second-order valence-electron chi connectivity index (χ2n) is 4.76. The Kier molecular flexibility index (Phi) is 4.75. The highest BCUT2D eigenvalue weighted by Crippen LogP contribution is 2.25. The molecule has 3 heteroatoms. The quantitative estimate of drug-likeness (QED) is 0.904. The van der Waals surface area contributed by atoms with Crippen LogP contribution in [0.5, 0.6) is 0 Å². The minimum absolute atomic E-state index is 0.303. The molecule has 2 unspecified atom stereocenters. The first kappa shape index (κ1) is 14.3. The molecule has 0 aliphatic carbocycles. The number of rotatable bonds is 4. The molecule has 2 aromatic carbocycles. The van der Waals surface area contributed by atoms with Crippen molar-refractivity contribution in [2.45, 2.75) is 18.9 Å². The number of hydrogen-bond donors (Lipinski definition) is 2. The molecule has 0 saturated carbocycles. The van der Waals surface area contributed by atoms with Gasteiger partial charge in [0.2, 0.25) is 0 Å². The first-order chi connectivity index (χ1) is 9.11. The molecule has 0 bridgehead atoms. The van der Waals surface area contributed by atoms with Crippen LogP contribution in [0, 0.1) is 0 Å². The van der Waals surface area contributed by atoms with Gasteiger partial charge in [0, 0.05) is 4.47 Å². The Morgan fingerprint density at radius 1 is 1.05 bits per heavy atom. The average molecular weight is 320 g/mol. The number of aliphatic hydroxyl groups excluding tert-OH is 1. The second kappa shape index (κ2) is 6.33. The van der Waals surface area contributed by atoms with Crippen molar-refractivity contribution in [1.29, 1.82) is 0 Å². The van der Waals surface area contributed by atoms with Crippen LogP contribution in [-0.4, -0.2) is 11.7 Å². The molecule has 2 rings (SSSR count). The van der Waals surface area contributed by atoms with E-state index in [0.29, 0.717) is 12.5 Å². The Morgan fingerprint density at radius 2 is 1.68 bits per heavy atom. The topological polar surface area (TPSA) is 46.2 Å². The molecule has 3 N–H and O–H groups in total. The SMILES string of the molecule is CC(CN)c1cccc(C(O)c2ccc(Br)cc2)c1. The predicted molar refractivity (Wildman–Crippen MR) is 82.1 cm³/mol. The number of aliphatic hydroxyl groups is 1. The molecule has 0 saturated heterocycles. The molecular formula is C16H18BrNO. The lowest BCUT2D eigenvalue weighted by molar-refractivity contribution is 0.220. The van der Waals surface area contributed by atoms with E-state index >= 15 is 0 Å². The van der Waals surface area contributed by atoms with E-state index in [0.717, 1.165) is 21.2 Å². The van der Waals surface area contributed by atoms with Crippen molar-refractivity contribution >= 4 is 15.9 Å². The van der Waals surface area contributed by atoms with Gasteiger partial charge in [0.15, 0.2) is 0 Å². The molecule has 0 aliphatic rings. The molecular weight excluding hydrogens is 302 g/mol. The summed E-state index contributed by atoms with van der Waals surface area (Å²) in [6, 6.07) is 15.7. The van der Waals surface area contributed by atoms with Crippen LogP contribution in [0.25, 0.3) is 0 Å². The van der Waals surface area contributed by atoms with Gasteiger partial charge in [-0.15, -0.1) is 0 Å². The van der Waals surface area contributed by atoms with E-state index in [-0.39, 0.29) is 0 Å². The summed E-state index contributed by atoms with van der Waals surface area (Å²) >= 11 is 3.40. The van der Waals surface area contributed by atoms with Crippen LogP contribution in [0.1, 0.15) is 35.6 Å². The molecule has 2 aromatic rings. The first-order valence-electron chi connectivity index (χ1n) is 6.35. The fourth-order valence-corrected chi connectivity index (χ4v) is 2.27. The third-order valence-electron chi connectivity index (χ3n) is 3.33. The standard InChI is InChI=1S/C16H18BrNO/c1-11(10-18)13-3-2-4-14(9-13)16(19)12-5-7-15(17)8-6-12/h2-9,11,16,19H,10,18H2,1H3. The molecule has 19 heavy (non-hydrogen) atoms. The summed E-state index contributed by atoms with van der Waals surface area (Å²) in [7, 11) is 0. The second-order valence-corrected chi connectivity index (χ2v) is 5.68. The molecule has 0 fully saturated rings. The zero-order valence-electron chi connectivity index (χ0n) is 10.9. The fourth-order valence-electron chi connectivity index (χ4n) is 2.01. The summed E-state index contributed by atoms with van der Waals surface area (Å²) in [5.74, 6) is 0.303. The molecule has 0 spiro atoms. The third kappa shape index (κ3) is 3.44. The lowest BCUT2D eigenvalue weighted by Gasteiger charge is -2.15. The monoisotopic (exact) mass is 319 g/mol. The Bertz CT molecular complexity index is 539. The Hall–Kier alpha value is -1.16. The lowest BCUT2D eigenvalue weighted by Crippen LogP contribution is -2.09. The number of benzene rings is 2. The molecule has 0 radical (unpaired) electrons. The van der Waals surface area contributed by atoms with Gasteiger partial charge in [0.25, 0.3) is 0 Å². The van der Waals surface area contributed by atoms with Crippen molar-refractivity contribution in [3.05, 3.63) is 69.7 Å². The van der Waals surface area contributed by atoms with Gasteiger partial charge in [-0.2, -0.15) is 0 Å². The smallest absolute Gasteiger partial charge is 0.104 e. The Balaban J connectivity index is 2.28. The van der Waals surface area contributed by atoms with Gasteiger partial charge in [0.05, 0.1) is 0 Å². The van der Waals surface area contributed by atoms with Crippen LogP contribution < -0.4 is 5.73 Å². The molecule has 2 atom stereocenters. The maximum Gasteiger partial charge on any atom is 0.104 e. The van der Waals surface area contributed by atoms with E-state index in [1.807, 2.05) is 42.5 Å². The van der Waals surface area contributed by atoms with E-state index in [9.17, 15) is 5.11 Å². The highest BCUT2D eigenvalue weighted by Gasteiger charge is 2.12. The van der Waals surface area contributed by atoms with Crippen molar-refractivity contribution in [3.8, 4) is 0 Å². The first-order valence-corrected chi connectivity index (χ1v) is 7.14. The van der Waals surface area contributed by atoms with Crippen LogP contribution in [0.2, 0.25) is 0 Å². The maximum atomic E-state index is 10.4. The number of hydrogen-bond acceptors (Lipinski definition) is 2. The van der Waals surface area contributed by atoms with Crippen molar-refractivity contribution in [3.63, 3.8) is 0 Å². The zero-order valence-corrected chi connectivity index (χ0v) is 12.5. The highest BCUT2D eigenvalue weighted by atomic mass is 79.9. The summed E-state index contributed by atoms with van der Waals surface area (Å²) in [5.41, 5.74) is 8.65. The Labute approximate surface area is 122 Å². The zero-order chi connectivity index (χ0) is 13.8. The van der Waals surface area contributed by atoms with Crippen molar-refractivity contribution in [2.24, 2.45) is 5.73 Å². The average Bonchev–Trinajstić information content (AvgIpc) is 2.46. The molecule has 0 aliphatic heterocycles. The van der Waals surface area contributed by atoms with E-state index in [1.54, 1.807) is 0 Å². The van der Waals surface area contributed by atoms with E-state index < -0.39 is 6.10 Å². The minimum Gasteiger partial charge on any atom is -0.384 e. The maximum absolute atomic E-state index is 10.4. The van der Waals surface area contributed by atoms with E-state index in [2.05, 4.69) is 28.9 Å². The number of halogens is 1. The number of nitrogens with two attached hydrogens (primary N) is 1. The van der Waals surface area contributed by atoms with Crippen LogP contribution in [-0.2, 0) is 0 Å². The molecule has 0 aromatic heterocycles. The van der Waals surface area contributed by atoms with Gasteiger partial charge in [-0.1, -0.05) is 59.3 Å². The third-order valence-corrected chi connectivity index (χ3v) is 3.86. The summed E-state index contributed by atoms with van der Waals surface area (Å²) in [6.07, 6.45) is -0.599. The lowest BCUT2D eigenvalue weighted by atomic mass is 9.95. The van der Waals surface area contributed by atoms with Gasteiger partial charge in [-0.25, -0.2) is 0 Å². The van der Waals surface area contributed by atoms with Gasteiger partial charge in [0.1, 0.15) is 6.10 Å². The summed E-state index contributed by atoms with van der Waals surface area (Å²) in [6.45, 7) is 2.70. The van der Waals surface area contributed by atoms with E-state index in [1.165, 1.54) is 0 Å². The normalized spacial score (nSPS) is 14.1. The van der Waals surface area contributed by atoms with Gasteiger partial charge in [-0.05, 0) is 41.3 Å². The summed E-state index contributed by atoms with van der Waals surface area (Å²) in [4.78, 5) is 0. The molecule has 2 nitrogen and oxygen atoms in total. The minimum atomic E-state index is -0.599. The molecule has 0 heterocycles. The molecule has 100 valence electrons. The van der Waals surface area contributed by atoms with Crippen LogP contribution in [0.15, 0.2) is 53.0 Å². The van der Waals surface area contributed by atoms with Gasteiger partial charge >= 0.3 is 0 Å². The van der Waals surface area contributed by atoms with E-state index in [4.69, 9.17) is 5.73 Å². The van der Waals surface area contributed by atoms with Crippen molar-refractivity contribution in [2.75, 3.05) is 6.54 Å². The van der Waals surface area contributed by atoms with Crippen LogP contribution in [0.4, 0.5) is 0 Å². The predicted octanol–water partition coefficient (Wildman–Crippen LogP) is 3.59. The van der Waals surface area contributed by atoms with Crippen molar-refractivity contribution < 1.29 is 5.11 Å². The highest BCUT2D eigenvalue weighted by molar-refractivity contribution is 9.10. The molecule has 0 amide bonds. The largest absolute Gasteiger partial charge is 0.384 e. The Morgan fingerprint density at radius 3 is 2.32 bits per heavy atom. The summed E-state index contributed by atoms with van der Waals surface area (Å²) in [5, 5.41) is 10.4. The van der Waals surface area contributed by atoms with Gasteiger partial charge < -0.3 is 10.8 Å². The summed E-state index contributed by atoms with van der Waals surface area (Å²) < 4.78 is 1.01. The van der Waals surface area contributed by atoms with Gasteiger partial charge in [-0.3, -0.25) is 0 Å². The fraction of sp³-hybridized carbons (Fsp3) is 0.250. The van der Waals surface area contributed by atoms with Crippen LogP contribution >= 0.6 is 15.9 Å². The van der Waals surface area contributed by atoms with Crippen molar-refractivity contribution in [1.82, 2.24) is 0 Å².